The van der Waals surface area contributed by atoms with Crippen molar-refractivity contribution in [2.75, 3.05) is 4.72 Å². The van der Waals surface area contributed by atoms with E-state index in [1.807, 2.05) is 18.2 Å². The van der Waals surface area contributed by atoms with Gasteiger partial charge in [-0.05, 0) is 23.6 Å². The lowest BCUT2D eigenvalue weighted by Crippen LogP contribution is -2.14. The van der Waals surface area contributed by atoms with Gasteiger partial charge in [-0.25, -0.2) is 8.42 Å². The number of anilines is 1. The van der Waals surface area contributed by atoms with Gasteiger partial charge in [0.15, 0.2) is 11.0 Å². The van der Waals surface area contributed by atoms with Crippen LogP contribution in [0.25, 0.3) is 10.8 Å². The van der Waals surface area contributed by atoms with Crippen LogP contribution in [-0.4, -0.2) is 18.6 Å². The molecule has 5 nitrogen and oxygen atoms in total. The fourth-order valence-electron chi connectivity index (χ4n) is 1.99. The minimum absolute atomic E-state index is 0.118. The van der Waals surface area contributed by atoms with E-state index in [1.54, 1.807) is 24.3 Å². The number of benzene rings is 2. The Morgan fingerprint density at radius 2 is 1.67 bits per heavy atom. The first-order valence-corrected chi connectivity index (χ1v) is 7.92. The largest absolute Gasteiger partial charge is 0.263 e. The van der Waals surface area contributed by atoms with E-state index in [-0.39, 0.29) is 15.9 Å². The monoisotopic (exact) mass is 319 g/mol. The van der Waals surface area contributed by atoms with Gasteiger partial charge in [-0.2, -0.15) is 0 Å². The van der Waals surface area contributed by atoms with Crippen LogP contribution in [0.4, 0.5) is 5.82 Å². The van der Waals surface area contributed by atoms with Crippen molar-refractivity contribution in [2.24, 2.45) is 0 Å². The molecule has 0 aliphatic heterocycles. The normalized spacial score (nSPS) is 11.5. The molecule has 1 N–H and O–H groups in total. The van der Waals surface area contributed by atoms with Gasteiger partial charge in [-0.3, -0.25) is 4.72 Å². The molecular weight excluding hydrogens is 310 g/mol. The van der Waals surface area contributed by atoms with Crippen LogP contribution in [0.3, 0.4) is 0 Å². The Balaban J connectivity index is 2.06. The van der Waals surface area contributed by atoms with Gasteiger partial charge in [0.1, 0.15) is 0 Å². The van der Waals surface area contributed by atoms with Crippen molar-refractivity contribution in [3.63, 3.8) is 0 Å². The van der Waals surface area contributed by atoms with Crippen molar-refractivity contribution in [1.29, 1.82) is 0 Å². The van der Waals surface area contributed by atoms with Crippen LogP contribution in [0.15, 0.2) is 59.5 Å². The van der Waals surface area contributed by atoms with E-state index in [2.05, 4.69) is 14.9 Å². The molecule has 0 saturated carbocycles. The van der Waals surface area contributed by atoms with Crippen molar-refractivity contribution >= 4 is 38.2 Å². The SMILES string of the molecule is O=S(=O)(Nc1ccc(Cl)nn1)c1cccc2ccccc12. The first-order chi connectivity index (χ1) is 10.1. The summed E-state index contributed by atoms with van der Waals surface area (Å²) in [5.74, 6) is 0.118. The minimum Gasteiger partial charge on any atom is -0.262 e. The van der Waals surface area contributed by atoms with Gasteiger partial charge in [0.05, 0.1) is 4.90 Å². The zero-order valence-corrected chi connectivity index (χ0v) is 12.3. The Labute approximate surface area is 126 Å². The third-order valence-electron chi connectivity index (χ3n) is 2.91. The smallest absolute Gasteiger partial charge is 0.262 e. The molecule has 0 unspecified atom stereocenters. The maximum absolute atomic E-state index is 12.5. The Bertz CT molecular complexity index is 890. The lowest BCUT2D eigenvalue weighted by Gasteiger charge is -2.09. The van der Waals surface area contributed by atoms with E-state index in [9.17, 15) is 8.42 Å². The van der Waals surface area contributed by atoms with Crippen LogP contribution < -0.4 is 4.72 Å². The lowest BCUT2D eigenvalue weighted by molar-refractivity contribution is 0.601. The molecule has 106 valence electrons. The van der Waals surface area contributed by atoms with Crippen molar-refractivity contribution in [2.45, 2.75) is 4.90 Å². The standard InChI is InChI=1S/C14H10ClN3O2S/c15-13-8-9-14(17-16-13)18-21(19,20)12-7-3-5-10-4-1-2-6-11(10)12/h1-9H,(H,17,18). The van der Waals surface area contributed by atoms with Gasteiger partial charge in [0.2, 0.25) is 0 Å². The van der Waals surface area contributed by atoms with E-state index in [1.165, 1.54) is 12.1 Å². The van der Waals surface area contributed by atoms with Crippen LogP contribution in [-0.2, 0) is 10.0 Å². The molecule has 2 aromatic carbocycles. The highest BCUT2D eigenvalue weighted by Gasteiger charge is 2.17. The molecule has 1 heterocycles. The van der Waals surface area contributed by atoms with Gasteiger partial charge in [-0.1, -0.05) is 48.0 Å². The summed E-state index contributed by atoms with van der Waals surface area (Å²) in [5, 5.41) is 9.00. The Hall–Kier alpha value is -2.18. The van der Waals surface area contributed by atoms with Gasteiger partial charge in [0, 0.05) is 5.39 Å². The number of fused-ring (bicyclic) bond motifs is 1. The Kier molecular flexibility index (Phi) is 3.48. The van der Waals surface area contributed by atoms with Gasteiger partial charge in [-0.15, -0.1) is 10.2 Å². The molecular formula is C14H10ClN3O2S. The summed E-state index contributed by atoms with van der Waals surface area (Å²) in [5.41, 5.74) is 0. The predicted molar refractivity (Wildman–Crippen MR) is 81.8 cm³/mol. The number of rotatable bonds is 3. The van der Waals surface area contributed by atoms with E-state index >= 15 is 0 Å². The first-order valence-electron chi connectivity index (χ1n) is 6.06. The molecule has 7 heteroatoms. The van der Waals surface area contributed by atoms with Crippen molar-refractivity contribution < 1.29 is 8.42 Å². The number of nitrogens with zero attached hydrogens (tertiary/aromatic N) is 2. The minimum atomic E-state index is -3.75. The second-order valence-electron chi connectivity index (χ2n) is 4.32. The molecule has 0 aliphatic rings. The van der Waals surface area contributed by atoms with Crippen LogP contribution in [0.5, 0.6) is 0 Å². The molecule has 0 amide bonds. The van der Waals surface area contributed by atoms with E-state index < -0.39 is 10.0 Å². The second kappa shape index (κ2) is 5.31. The third-order valence-corrected chi connectivity index (χ3v) is 4.52. The Morgan fingerprint density at radius 1 is 0.905 bits per heavy atom. The average Bonchev–Trinajstić information content (AvgIpc) is 2.49. The fourth-order valence-corrected chi connectivity index (χ4v) is 3.32. The average molecular weight is 320 g/mol. The number of nitrogens with one attached hydrogen (secondary N) is 1. The highest BCUT2D eigenvalue weighted by Crippen LogP contribution is 2.24. The highest BCUT2D eigenvalue weighted by molar-refractivity contribution is 7.93. The molecule has 3 rings (SSSR count). The third kappa shape index (κ3) is 2.81. The summed E-state index contributed by atoms with van der Waals surface area (Å²) >= 11 is 5.63. The molecule has 21 heavy (non-hydrogen) atoms. The van der Waals surface area contributed by atoms with Crippen molar-refractivity contribution in [3.8, 4) is 0 Å². The van der Waals surface area contributed by atoms with E-state index in [4.69, 9.17) is 11.6 Å². The van der Waals surface area contributed by atoms with Gasteiger partial charge in [0.25, 0.3) is 10.0 Å². The number of halogens is 1. The molecule has 1 aromatic heterocycles. The molecule has 0 atom stereocenters. The number of sulfonamides is 1. The maximum Gasteiger partial charge on any atom is 0.263 e. The second-order valence-corrected chi connectivity index (χ2v) is 6.36. The predicted octanol–water partition coefficient (Wildman–Crippen LogP) is 3.08. The zero-order chi connectivity index (χ0) is 14.9. The Morgan fingerprint density at radius 3 is 2.43 bits per heavy atom. The lowest BCUT2D eigenvalue weighted by atomic mass is 10.1. The number of hydrogen-bond acceptors (Lipinski definition) is 4. The van der Waals surface area contributed by atoms with Crippen LogP contribution in [0.2, 0.25) is 5.15 Å². The zero-order valence-electron chi connectivity index (χ0n) is 10.7. The van der Waals surface area contributed by atoms with Gasteiger partial charge < -0.3 is 0 Å². The summed E-state index contributed by atoms with van der Waals surface area (Å²) < 4.78 is 27.4. The van der Waals surface area contributed by atoms with Crippen molar-refractivity contribution in [1.82, 2.24) is 10.2 Å². The first kappa shape index (κ1) is 13.8. The van der Waals surface area contributed by atoms with Crippen molar-refractivity contribution in [3.05, 3.63) is 59.8 Å². The molecule has 0 saturated heterocycles. The van der Waals surface area contributed by atoms with Crippen LogP contribution >= 0.6 is 11.6 Å². The highest BCUT2D eigenvalue weighted by atomic mass is 35.5. The van der Waals surface area contributed by atoms with Gasteiger partial charge >= 0.3 is 0 Å². The summed E-state index contributed by atoms with van der Waals surface area (Å²) in [6.07, 6.45) is 0. The molecule has 0 radical (unpaired) electrons. The van der Waals surface area contributed by atoms with Crippen LogP contribution in [0, 0.1) is 0 Å². The van der Waals surface area contributed by atoms with E-state index in [0.717, 1.165) is 5.39 Å². The molecule has 0 aliphatic carbocycles. The molecule has 0 spiro atoms. The summed E-state index contributed by atoms with van der Waals surface area (Å²) in [6, 6.07) is 15.3. The molecule has 0 fully saturated rings. The number of aromatic nitrogens is 2. The summed E-state index contributed by atoms with van der Waals surface area (Å²) in [7, 11) is -3.75. The molecule has 3 aromatic rings. The topological polar surface area (TPSA) is 72.0 Å². The number of hydrogen-bond donors (Lipinski definition) is 1. The fraction of sp³-hybridized carbons (Fsp3) is 0. The quantitative estimate of drug-likeness (QED) is 0.805. The molecule has 0 bridgehead atoms. The van der Waals surface area contributed by atoms with Crippen LogP contribution in [0.1, 0.15) is 0 Å². The summed E-state index contributed by atoms with van der Waals surface area (Å²) in [4.78, 5) is 0.192. The maximum atomic E-state index is 12.5. The summed E-state index contributed by atoms with van der Waals surface area (Å²) in [6.45, 7) is 0. The van der Waals surface area contributed by atoms with E-state index in [0.29, 0.717) is 5.39 Å².